The Labute approximate surface area is 118 Å². The van der Waals surface area contributed by atoms with Crippen LogP contribution in [0.5, 0.6) is 0 Å². The van der Waals surface area contributed by atoms with Crippen molar-refractivity contribution in [2.45, 2.75) is 18.6 Å². The van der Waals surface area contributed by atoms with Gasteiger partial charge in [-0.2, -0.15) is 13.2 Å². The quantitative estimate of drug-likeness (QED) is 0.815. The average molecular weight is 298 g/mol. The first-order valence-corrected chi connectivity index (χ1v) is 6.48. The van der Waals surface area contributed by atoms with Crippen LogP contribution in [0, 0.1) is 11.8 Å². The number of carboxylic acid groups (broad SMARTS) is 1. The Hall–Kier alpha value is -2.05. The molecule has 0 spiro atoms. The predicted molar refractivity (Wildman–Crippen MR) is 62.9 cm³/mol. The normalized spacial score (nSPS) is 27.4. The van der Waals surface area contributed by atoms with E-state index in [9.17, 15) is 27.9 Å². The van der Waals surface area contributed by atoms with E-state index in [1.807, 2.05) is 0 Å². The summed E-state index contributed by atoms with van der Waals surface area (Å²) in [5.74, 6) is -2.03. The van der Waals surface area contributed by atoms with Crippen molar-refractivity contribution in [1.29, 1.82) is 0 Å². The highest BCUT2D eigenvalue weighted by atomic mass is 19.4. The maximum absolute atomic E-state index is 12.7. The van der Waals surface area contributed by atoms with Gasteiger partial charge in [0.15, 0.2) is 0 Å². The number of alkyl halides is 3. The molecule has 0 N–H and O–H groups in total. The summed E-state index contributed by atoms with van der Waals surface area (Å²) in [7, 11) is 0. The number of likely N-dealkylation sites (tertiary alicyclic amines) is 1. The topological polar surface area (TPSA) is 60.4 Å². The third kappa shape index (κ3) is 2.36. The number of amides is 1. The summed E-state index contributed by atoms with van der Waals surface area (Å²) in [6.07, 6.45) is -3.82. The van der Waals surface area contributed by atoms with Gasteiger partial charge in [0.1, 0.15) is 0 Å². The van der Waals surface area contributed by atoms with E-state index >= 15 is 0 Å². The van der Waals surface area contributed by atoms with Gasteiger partial charge in [0.2, 0.25) is 0 Å². The van der Waals surface area contributed by atoms with Crippen LogP contribution in [0.4, 0.5) is 13.2 Å². The molecule has 3 atom stereocenters. The molecule has 0 bridgehead atoms. The molecule has 1 aromatic rings. The standard InChI is InChI=1S/C14H12F3NO3/c15-14(16,17)9-3-1-2-7(4-9)12(19)18-6-8-5-10(8)11(18)13(20)21/h1-4,8,10-11H,5-6H2,(H,20,21)/p-1/t8-,10-,11+/m0/s1. The molecule has 1 aliphatic heterocycles. The number of rotatable bonds is 2. The van der Waals surface area contributed by atoms with Crippen molar-refractivity contribution in [3.05, 3.63) is 35.4 Å². The van der Waals surface area contributed by atoms with Crippen LogP contribution in [-0.4, -0.2) is 29.4 Å². The van der Waals surface area contributed by atoms with Gasteiger partial charge in [-0.3, -0.25) is 4.79 Å². The molecular formula is C14H11F3NO3-. The number of hydrogen-bond acceptors (Lipinski definition) is 3. The molecule has 4 nitrogen and oxygen atoms in total. The summed E-state index contributed by atoms with van der Waals surface area (Å²) < 4.78 is 38.0. The molecule has 2 aliphatic rings. The number of benzene rings is 1. The van der Waals surface area contributed by atoms with Gasteiger partial charge in [0.25, 0.3) is 5.91 Å². The molecule has 1 aliphatic carbocycles. The van der Waals surface area contributed by atoms with Crippen molar-refractivity contribution < 1.29 is 27.9 Å². The molecular weight excluding hydrogens is 287 g/mol. The fraction of sp³-hybridized carbons (Fsp3) is 0.429. The van der Waals surface area contributed by atoms with Gasteiger partial charge >= 0.3 is 6.18 Å². The first-order chi connectivity index (χ1) is 9.79. The van der Waals surface area contributed by atoms with E-state index < -0.39 is 29.7 Å². The van der Waals surface area contributed by atoms with Crippen LogP contribution in [0.15, 0.2) is 24.3 Å². The highest BCUT2D eigenvalue weighted by molar-refractivity contribution is 5.97. The Kier molecular flexibility index (Phi) is 2.96. The number of aliphatic carboxylic acids is 1. The van der Waals surface area contributed by atoms with Gasteiger partial charge < -0.3 is 14.8 Å². The van der Waals surface area contributed by atoms with Crippen LogP contribution in [0.25, 0.3) is 0 Å². The lowest BCUT2D eigenvalue weighted by Gasteiger charge is -2.28. The molecule has 21 heavy (non-hydrogen) atoms. The minimum atomic E-state index is -4.54. The lowest BCUT2D eigenvalue weighted by molar-refractivity contribution is -0.310. The molecule has 1 saturated heterocycles. The van der Waals surface area contributed by atoms with Crippen LogP contribution in [0.2, 0.25) is 0 Å². The number of carboxylic acids is 1. The molecule has 0 aromatic heterocycles. The molecule has 0 unspecified atom stereocenters. The zero-order valence-corrected chi connectivity index (χ0v) is 10.8. The lowest BCUT2D eigenvalue weighted by Crippen LogP contribution is -2.49. The van der Waals surface area contributed by atoms with Gasteiger partial charge in [-0.25, -0.2) is 0 Å². The minimum Gasteiger partial charge on any atom is -0.548 e. The number of hydrogen-bond donors (Lipinski definition) is 0. The summed E-state index contributed by atoms with van der Waals surface area (Å²) in [5.41, 5.74) is -1.08. The van der Waals surface area contributed by atoms with Crippen molar-refractivity contribution in [1.82, 2.24) is 4.90 Å². The van der Waals surface area contributed by atoms with E-state index in [0.717, 1.165) is 29.5 Å². The molecule has 1 amide bonds. The number of halogens is 3. The third-order valence-electron chi connectivity index (χ3n) is 4.09. The number of carbonyl (C=O) groups excluding carboxylic acids is 2. The van der Waals surface area contributed by atoms with E-state index in [4.69, 9.17) is 0 Å². The second-order valence-corrected chi connectivity index (χ2v) is 5.46. The van der Waals surface area contributed by atoms with Crippen molar-refractivity contribution in [2.24, 2.45) is 11.8 Å². The van der Waals surface area contributed by atoms with Crippen LogP contribution >= 0.6 is 0 Å². The summed E-state index contributed by atoms with van der Waals surface area (Å²) in [6.45, 7) is 0.262. The van der Waals surface area contributed by atoms with Crippen molar-refractivity contribution >= 4 is 11.9 Å². The molecule has 7 heteroatoms. The van der Waals surface area contributed by atoms with Gasteiger partial charge in [0, 0.05) is 12.1 Å². The predicted octanol–water partition coefficient (Wildman–Crippen LogP) is 0.916. The Morgan fingerprint density at radius 1 is 1.29 bits per heavy atom. The highest BCUT2D eigenvalue weighted by Crippen LogP contribution is 2.49. The van der Waals surface area contributed by atoms with Crippen LogP contribution in [0.1, 0.15) is 22.3 Å². The van der Waals surface area contributed by atoms with E-state index in [1.54, 1.807) is 0 Å². The molecule has 1 heterocycles. The van der Waals surface area contributed by atoms with Crippen LogP contribution < -0.4 is 5.11 Å². The number of carbonyl (C=O) groups is 2. The van der Waals surface area contributed by atoms with Gasteiger partial charge in [-0.05, 0) is 36.5 Å². The largest absolute Gasteiger partial charge is 0.548 e. The minimum absolute atomic E-state index is 0.121. The van der Waals surface area contributed by atoms with Crippen molar-refractivity contribution in [3.8, 4) is 0 Å². The van der Waals surface area contributed by atoms with Crippen molar-refractivity contribution in [3.63, 3.8) is 0 Å². The fourth-order valence-corrected chi connectivity index (χ4v) is 2.97. The molecule has 1 aromatic carbocycles. The zero-order valence-electron chi connectivity index (χ0n) is 10.8. The number of nitrogens with zero attached hydrogens (tertiary/aromatic N) is 1. The Balaban J connectivity index is 1.87. The summed E-state index contributed by atoms with van der Waals surface area (Å²) in [4.78, 5) is 24.5. The second kappa shape index (κ2) is 4.47. The zero-order chi connectivity index (χ0) is 15.4. The molecule has 112 valence electrons. The summed E-state index contributed by atoms with van der Waals surface area (Å²) in [6, 6.07) is 2.99. The highest BCUT2D eigenvalue weighted by Gasteiger charge is 2.54. The summed E-state index contributed by atoms with van der Waals surface area (Å²) >= 11 is 0. The molecule has 2 fully saturated rings. The molecule has 1 saturated carbocycles. The maximum atomic E-state index is 12.7. The SMILES string of the molecule is O=C([O-])[C@H]1[C@H]2C[C@H]2CN1C(=O)c1cccc(C(F)(F)F)c1. The van der Waals surface area contributed by atoms with Gasteiger partial charge in [-0.15, -0.1) is 0 Å². The Morgan fingerprint density at radius 3 is 2.62 bits per heavy atom. The van der Waals surface area contributed by atoms with E-state index in [0.29, 0.717) is 0 Å². The number of piperidine rings is 1. The van der Waals surface area contributed by atoms with E-state index in [-0.39, 0.29) is 23.9 Å². The van der Waals surface area contributed by atoms with E-state index in [1.165, 1.54) is 6.07 Å². The second-order valence-electron chi connectivity index (χ2n) is 5.46. The molecule has 3 rings (SSSR count). The Bertz CT molecular complexity index is 614. The van der Waals surface area contributed by atoms with Gasteiger partial charge in [0.05, 0.1) is 17.6 Å². The third-order valence-corrected chi connectivity index (χ3v) is 4.09. The first kappa shape index (κ1) is 13.9. The first-order valence-electron chi connectivity index (χ1n) is 6.48. The lowest BCUT2D eigenvalue weighted by atomic mass is 10.1. The Morgan fingerprint density at radius 2 is 2.00 bits per heavy atom. The fourth-order valence-electron chi connectivity index (χ4n) is 2.97. The van der Waals surface area contributed by atoms with Crippen LogP contribution in [0.3, 0.4) is 0 Å². The summed E-state index contributed by atoms with van der Waals surface area (Å²) in [5, 5.41) is 11.1. The number of fused-ring (bicyclic) bond motifs is 1. The smallest absolute Gasteiger partial charge is 0.416 e. The van der Waals surface area contributed by atoms with Crippen molar-refractivity contribution in [2.75, 3.05) is 6.54 Å². The van der Waals surface area contributed by atoms with Gasteiger partial charge in [-0.1, -0.05) is 6.07 Å². The molecule has 0 radical (unpaired) electrons. The van der Waals surface area contributed by atoms with E-state index in [2.05, 4.69) is 0 Å². The monoisotopic (exact) mass is 298 g/mol. The average Bonchev–Trinajstić information content (AvgIpc) is 3.07. The maximum Gasteiger partial charge on any atom is 0.416 e. The van der Waals surface area contributed by atoms with Crippen LogP contribution in [-0.2, 0) is 11.0 Å².